The van der Waals surface area contributed by atoms with Crippen LogP contribution in [-0.2, 0) is 14.8 Å². The van der Waals surface area contributed by atoms with Crippen LogP contribution in [0.4, 0.5) is 0 Å². The molecule has 0 amide bonds. The summed E-state index contributed by atoms with van der Waals surface area (Å²) in [5.74, 6) is 1.04. The van der Waals surface area contributed by atoms with Crippen molar-refractivity contribution in [2.24, 2.45) is 0 Å². The number of hydrogen-bond donors (Lipinski definition) is 0. The first-order valence-corrected chi connectivity index (χ1v) is 14.8. The zero-order chi connectivity index (χ0) is 26.9. The Balaban J connectivity index is 1.46. The number of hydrogen-bond acceptors (Lipinski definition) is 5. The van der Waals surface area contributed by atoms with Gasteiger partial charge in [0.05, 0.1) is 18.6 Å². The normalized spacial score (nSPS) is 22.7. The summed E-state index contributed by atoms with van der Waals surface area (Å²) in [4.78, 5) is 2.87. The lowest BCUT2D eigenvalue weighted by Crippen LogP contribution is -2.68. The molecule has 0 bridgehead atoms. The Bertz CT molecular complexity index is 1370. The van der Waals surface area contributed by atoms with Gasteiger partial charge >= 0.3 is 0 Å². The van der Waals surface area contributed by atoms with Crippen molar-refractivity contribution in [3.8, 4) is 16.9 Å². The van der Waals surface area contributed by atoms with Crippen LogP contribution < -0.4 is 4.74 Å². The lowest BCUT2D eigenvalue weighted by molar-refractivity contribution is -0.0635. The lowest BCUT2D eigenvalue weighted by atomic mass is 9.74. The number of aryl methyl sites for hydroxylation is 2. The topological polar surface area (TPSA) is 59.1 Å². The molecule has 2 aliphatic heterocycles. The van der Waals surface area contributed by atoms with E-state index in [0.717, 1.165) is 41.8 Å². The maximum Gasteiger partial charge on any atom is 0.243 e. The van der Waals surface area contributed by atoms with Crippen molar-refractivity contribution in [1.82, 2.24) is 9.21 Å². The van der Waals surface area contributed by atoms with Crippen LogP contribution in [0.25, 0.3) is 11.1 Å². The molecule has 7 heteroatoms. The molecular formula is C31H38N2O4S. The van der Waals surface area contributed by atoms with Crippen LogP contribution >= 0.6 is 0 Å². The van der Waals surface area contributed by atoms with Gasteiger partial charge in [0.15, 0.2) is 0 Å². The molecule has 3 aromatic carbocycles. The van der Waals surface area contributed by atoms with Gasteiger partial charge in [0.25, 0.3) is 0 Å². The van der Waals surface area contributed by atoms with Gasteiger partial charge in [0.1, 0.15) is 5.75 Å². The molecule has 6 nitrogen and oxygen atoms in total. The standard InChI is InChI=1S/C31H38N2O4S/c1-22-11-16-29(37-4)26(19-22)24-12-14-25(15-13-24)31-27-20-32(17-7-8-18-33(27)28(31)21-36-3)38(34,35)30-10-6-5-9-23(30)2/h5-6,9-16,19,27-28,31H,7-8,17-18,20-21H2,1-4H3/t27-,28+,31?/m0/s1. The highest BCUT2D eigenvalue weighted by Gasteiger charge is 2.50. The Morgan fingerprint density at radius 3 is 2.37 bits per heavy atom. The van der Waals surface area contributed by atoms with Gasteiger partial charge in [-0.15, -0.1) is 0 Å². The van der Waals surface area contributed by atoms with Gasteiger partial charge in [0, 0.05) is 43.8 Å². The van der Waals surface area contributed by atoms with Crippen LogP contribution in [0.3, 0.4) is 0 Å². The van der Waals surface area contributed by atoms with Crippen molar-refractivity contribution < 1.29 is 17.9 Å². The predicted octanol–water partition coefficient (Wildman–Crippen LogP) is 5.25. The Morgan fingerprint density at radius 1 is 0.921 bits per heavy atom. The van der Waals surface area contributed by atoms with E-state index < -0.39 is 10.0 Å². The van der Waals surface area contributed by atoms with Crippen molar-refractivity contribution in [2.75, 3.05) is 40.5 Å². The SMILES string of the molecule is COC[C@@H]1C(c2ccc(-c3cc(C)ccc3OC)cc2)[C@@H]2CN(S(=O)(=O)c3ccccc3C)CCCCN12. The Morgan fingerprint density at radius 2 is 1.66 bits per heavy atom. The summed E-state index contributed by atoms with van der Waals surface area (Å²) >= 11 is 0. The second-order valence-corrected chi connectivity index (χ2v) is 12.4. The van der Waals surface area contributed by atoms with Crippen molar-refractivity contribution in [3.63, 3.8) is 0 Å². The van der Waals surface area contributed by atoms with Gasteiger partial charge in [0.2, 0.25) is 10.0 Å². The van der Waals surface area contributed by atoms with E-state index in [1.165, 1.54) is 11.1 Å². The van der Waals surface area contributed by atoms with E-state index in [-0.39, 0.29) is 18.0 Å². The molecule has 5 rings (SSSR count). The minimum Gasteiger partial charge on any atom is -0.496 e. The fourth-order valence-corrected chi connectivity index (χ4v) is 7.92. The fourth-order valence-electron chi connectivity index (χ4n) is 6.20. The molecule has 202 valence electrons. The summed E-state index contributed by atoms with van der Waals surface area (Å²) in [6, 6.07) is 22.5. The van der Waals surface area contributed by atoms with Gasteiger partial charge in [-0.2, -0.15) is 4.31 Å². The van der Waals surface area contributed by atoms with Crippen molar-refractivity contribution in [1.29, 1.82) is 0 Å². The Labute approximate surface area is 227 Å². The second kappa shape index (κ2) is 11.2. The molecule has 38 heavy (non-hydrogen) atoms. The molecule has 0 saturated carbocycles. The largest absolute Gasteiger partial charge is 0.496 e. The van der Waals surface area contributed by atoms with E-state index in [2.05, 4.69) is 48.2 Å². The average molecular weight is 535 g/mol. The van der Waals surface area contributed by atoms with Gasteiger partial charge in [-0.05, 0) is 68.1 Å². The van der Waals surface area contributed by atoms with E-state index in [0.29, 0.717) is 24.6 Å². The third-order valence-electron chi connectivity index (χ3n) is 8.16. The third-order valence-corrected chi connectivity index (χ3v) is 10.2. The van der Waals surface area contributed by atoms with Crippen LogP contribution in [0, 0.1) is 13.8 Å². The number of methoxy groups -OCH3 is 2. The van der Waals surface area contributed by atoms with Crippen LogP contribution in [0.5, 0.6) is 5.75 Å². The summed E-state index contributed by atoms with van der Waals surface area (Å²) in [5.41, 5.74) is 5.37. The molecule has 0 aromatic heterocycles. The number of sulfonamides is 1. The summed E-state index contributed by atoms with van der Waals surface area (Å²) in [6.45, 7) is 6.57. The zero-order valence-corrected chi connectivity index (χ0v) is 23.6. The predicted molar refractivity (Wildman–Crippen MR) is 151 cm³/mol. The first kappa shape index (κ1) is 26.9. The minimum atomic E-state index is -3.58. The van der Waals surface area contributed by atoms with E-state index in [9.17, 15) is 8.42 Å². The van der Waals surface area contributed by atoms with Gasteiger partial charge in [-0.25, -0.2) is 8.42 Å². The van der Waals surface area contributed by atoms with Crippen LogP contribution in [0.15, 0.2) is 71.6 Å². The minimum absolute atomic E-state index is 0.105. The van der Waals surface area contributed by atoms with Crippen LogP contribution in [0.1, 0.15) is 35.4 Å². The highest BCUT2D eigenvalue weighted by Crippen LogP contribution is 2.43. The molecule has 2 saturated heterocycles. The molecule has 2 aliphatic rings. The first-order chi connectivity index (χ1) is 18.3. The Kier molecular flexibility index (Phi) is 7.91. The fraction of sp³-hybridized carbons (Fsp3) is 0.419. The molecular weight excluding hydrogens is 496 g/mol. The quantitative estimate of drug-likeness (QED) is 0.415. The van der Waals surface area contributed by atoms with E-state index >= 15 is 0 Å². The van der Waals surface area contributed by atoms with E-state index in [1.807, 2.05) is 31.2 Å². The monoisotopic (exact) mass is 534 g/mol. The molecule has 0 N–H and O–H groups in total. The summed E-state index contributed by atoms with van der Waals surface area (Å²) in [6.07, 6.45) is 1.82. The highest BCUT2D eigenvalue weighted by molar-refractivity contribution is 7.89. The second-order valence-electron chi connectivity index (χ2n) is 10.5. The lowest BCUT2D eigenvalue weighted by Gasteiger charge is -2.57. The molecule has 3 atom stereocenters. The molecule has 0 aliphatic carbocycles. The molecule has 2 fully saturated rings. The summed E-state index contributed by atoms with van der Waals surface area (Å²) in [5, 5.41) is 0. The Hall–Kier alpha value is -2.71. The maximum absolute atomic E-state index is 13.8. The molecule has 2 heterocycles. The molecule has 1 unspecified atom stereocenters. The van der Waals surface area contributed by atoms with Gasteiger partial charge in [-0.3, -0.25) is 4.90 Å². The van der Waals surface area contributed by atoms with Gasteiger partial charge < -0.3 is 9.47 Å². The average Bonchev–Trinajstić information content (AvgIpc) is 2.90. The molecule has 0 radical (unpaired) electrons. The van der Waals surface area contributed by atoms with Crippen LogP contribution in [0.2, 0.25) is 0 Å². The number of ether oxygens (including phenoxy) is 2. The van der Waals surface area contributed by atoms with Crippen molar-refractivity contribution >= 4 is 10.0 Å². The number of fused-ring (bicyclic) bond motifs is 1. The van der Waals surface area contributed by atoms with Gasteiger partial charge in [-0.1, -0.05) is 54.1 Å². The van der Waals surface area contributed by atoms with Crippen LogP contribution in [-0.4, -0.2) is 70.2 Å². The highest BCUT2D eigenvalue weighted by atomic mass is 32.2. The van der Waals surface area contributed by atoms with Crippen molar-refractivity contribution in [3.05, 3.63) is 83.4 Å². The molecule has 3 aromatic rings. The van der Waals surface area contributed by atoms with E-state index in [4.69, 9.17) is 9.47 Å². The third kappa shape index (κ3) is 5.00. The summed E-state index contributed by atoms with van der Waals surface area (Å²) < 4.78 is 40.5. The summed E-state index contributed by atoms with van der Waals surface area (Å²) in [7, 11) is -0.136. The van der Waals surface area contributed by atoms with E-state index in [1.54, 1.807) is 24.6 Å². The smallest absolute Gasteiger partial charge is 0.243 e. The number of rotatable bonds is 7. The maximum atomic E-state index is 13.8. The van der Waals surface area contributed by atoms with Crippen molar-refractivity contribution in [2.45, 2.75) is 49.6 Å². The zero-order valence-electron chi connectivity index (χ0n) is 22.8. The number of benzene rings is 3. The molecule has 0 spiro atoms. The first-order valence-electron chi connectivity index (χ1n) is 13.4. The number of nitrogens with zero attached hydrogens (tertiary/aromatic N) is 2.